The number of alkyl halides is 1. The lowest BCUT2D eigenvalue weighted by molar-refractivity contribution is 0.744. The molecule has 0 aliphatic heterocycles. The summed E-state index contributed by atoms with van der Waals surface area (Å²) < 4.78 is 0. The maximum absolute atomic E-state index is 8.55. The van der Waals surface area contributed by atoms with Gasteiger partial charge in [0.05, 0.1) is 0 Å². The molecular weight excluding hydrogens is 172 g/mol. The van der Waals surface area contributed by atoms with Crippen LogP contribution in [0.2, 0.25) is 0 Å². The molecular formula is C9H9ClN2. The van der Waals surface area contributed by atoms with Crippen LogP contribution < -0.4 is 5.73 Å². The van der Waals surface area contributed by atoms with E-state index in [4.69, 9.17) is 22.6 Å². The highest BCUT2D eigenvalue weighted by Gasteiger charge is 2.20. The zero-order chi connectivity index (χ0) is 9.03. The number of nitrogens with two attached hydrogens (primary N) is 1. The summed E-state index contributed by atoms with van der Waals surface area (Å²) in [6.45, 7) is 0. The van der Waals surface area contributed by atoms with Crippen molar-refractivity contribution in [1.29, 1.82) is 5.26 Å². The number of nitrogens with zero attached hydrogens (tertiary/aromatic N) is 1. The Morgan fingerprint density at radius 3 is 2.50 bits per heavy atom. The maximum Gasteiger partial charge on any atom is 0.182 e. The predicted octanol–water partition coefficient (Wildman–Crippen LogP) is 1.65. The van der Waals surface area contributed by atoms with Crippen LogP contribution >= 0.6 is 11.6 Å². The average Bonchev–Trinajstić information content (AvgIpc) is 2.06. The molecule has 1 rings (SSSR count). The van der Waals surface area contributed by atoms with Crippen molar-refractivity contribution in [3.05, 3.63) is 35.9 Å². The van der Waals surface area contributed by atoms with Gasteiger partial charge in [-0.15, -0.1) is 0 Å². The van der Waals surface area contributed by atoms with E-state index in [-0.39, 0.29) is 0 Å². The van der Waals surface area contributed by atoms with Gasteiger partial charge >= 0.3 is 0 Å². The molecule has 0 aromatic heterocycles. The van der Waals surface area contributed by atoms with Crippen LogP contribution in [0.4, 0.5) is 0 Å². The second-order valence-electron chi connectivity index (χ2n) is 2.64. The lowest BCUT2D eigenvalue weighted by Crippen LogP contribution is -2.33. The molecule has 1 atom stereocenters. The van der Waals surface area contributed by atoms with Crippen LogP contribution in [0.25, 0.3) is 0 Å². The fraction of sp³-hybridized carbons (Fsp3) is 0.222. The standard InChI is InChI=1S/C9H9ClN2/c10-9(12,7-11)6-8-4-2-1-3-5-8/h1-5H,6,12H2. The largest absolute Gasteiger partial charge is 0.301 e. The van der Waals surface area contributed by atoms with E-state index in [9.17, 15) is 0 Å². The molecule has 0 amide bonds. The normalized spacial score (nSPS) is 14.8. The smallest absolute Gasteiger partial charge is 0.182 e. The van der Waals surface area contributed by atoms with Crippen LogP contribution in [0.5, 0.6) is 0 Å². The van der Waals surface area contributed by atoms with E-state index in [1.807, 2.05) is 36.4 Å². The highest BCUT2D eigenvalue weighted by molar-refractivity contribution is 6.25. The van der Waals surface area contributed by atoms with Gasteiger partial charge < -0.3 is 5.73 Å². The van der Waals surface area contributed by atoms with Gasteiger partial charge in [0.15, 0.2) is 5.00 Å². The predicted molar refractivity (Wildman–Crippen MR) is 48.5 cm³/mol. The van der Waals surface area contributed by atoms with Crippen LogP contribution in [0.3, 0.4) is 0 Å². The van der Waals surface area contributed by atoms with E-state index in [1.54, 1.807) is 0 Å². The molecule has 1 aromatic carbocycles. The van der Waals surface area contributed by atoms with Gasteiger partial charge in [0.1, 0.15) is 6.07 Å². The van der Waals surface area contributed by atoms with Crippen LogP contribution in [0.1, 0.15) is 5.56 Å². The third-order valence-electron chi connectivity index (χ3n) is 1.49. The zero-order valence-electron chi connectivity index (χ0n) is 6.50. The molecule has 62 valence electrons. The zero-order valence-corrected chi connectivity index (χ0v) is 7.25. The first kappa shape index (κ1) is 9.05. The monoisotopic (exact) mass is 180 g/mol. The van der Waals surface area contributed by atoms with Crippen molar-refractivity contribution in [2.75, 3.05) is 0 Å². The quantitative estimate of drug-likeness (QED) is 0.556. The van der Waals surface area contributed by atoms with E-state index in [1.165, 1.54) is 0 Å². The van der Waals surface area contributed by atoms with Crippen LogP contribution in [0, 0.1) is 11.3 Å². The van der Waals surface area contributed by atoms with E-state index in [2.05, 4.69) is 0 Å². The van der Waals surface area contributed by atoms with Gasteiger partial charge in [-0.3, -0.25) is 0 Å². The van der Waals surface area contributed by atoms with Gasteiger partial charge in [-0.1, -0.05) is 41.9 Å². The Morgan fingerprint density at radius 2 is 2.00 bits per heavy atom. The minimum atomic E-state index is -1.28. The highest BCUT2D eigenvalue weighted by Crippen LogP contribution is 2.13. The third kappa shape index (κ3) is 2.54. The fourth-order valence-corrected chi connectivity index (χ4v) is 1.09. The summed E-state index contributed by atoms with van der Waals surface area (Å²) in [6, 6.07) is 11.3. The number of nitriles is 1. The molecule has 0 saturated carbocycles. The Morgan fingerprint density at radius 1 is 1.42 bits per heavy atom. The minimum Gasteiger partial charge on any atom is -0.301 e. The topological polar surface area (TPSA) is 49.8 Å². The second kappa shape index (κ2) is 3.57. The van der Waals surface area contributed by atoms with Crippen molar-refractivity contribution in [3.8, 4) is 6.07 Å². The van der Waals surface area contributed by atoms with Crippen LogP contribution in [-0.4, -0.2) is 5.00 Å². The van der Waals surface area contributed by atoms with Gasteiger partial charge in [-0.2, -0.15) is 5.26 Å². The summed E-state index contributed by atoms with van der Waals surface area (Å²) >= 11 is 5.67. The average molecular weight is 181 g/mol. The fourth-order valence-electron chi connectivity index (χ4n) is 0.932. The molecule has 0 fully saturated rings. The molecule has 0 heterocycles. The lowest BCUT2D eigenvalue weighted by atomic mass is 10.1. The molecule has 1 aromatic rings. The number of halogens is 1. The molecule has 0 bridgehead atoms. The first-order chi connectivity index (χ1) is 5.64. The molecule has 1 unspecified atom stereocenters. The molecule has 2 N–H and O–H groups in total. The molecule has 0 aliphatic rings. The van der Waals surface area contributed by atoms with E-state index in [0.29, 0.717) is 6.42 Å². The summed E-state index contributed by atoms with van der Waals surface area (Å²) in [5, 5.41) is 8.55. The Balaban J connectivity index is 2.72. The van der Waals surface area contributed by atoms with Crippen molar-refractivity contribution >= 4 is 11.6 Å². The molecule has 0 spiro atoms. The minimum absolute atomic E-state index is 0.367. The van der Waals surface area contributed by atoms with Crippen LogP contribution in [-0.2, 0) is 6.42 Å². The molecule has 0 radical (unpaired) electrons. The maximum atomic E-state index is 8.55. The van der Waals surface area contributed by atoms with Crippen molar-refractivity contribution in [2.45, 2.75) is 11.4 Å². The number of hydrogen-bond acceptors (Lipinski definition) is 2. The summed E-state index contributed by atoms with van der Waals surface area (Å²) in [5.74, 6) is 0. The van der Waals surface area contributed by atoms with E-state index in [0.717, 1.165) is 5.56 Å². The Bertz CT molecular complexity index is 287. The molecule has 0 saturated heterocycles. The second-order valence-corrected chi connectivity index (χ2v) is 3.31. The van der Waals surface area contributed by atoms with Gasteiger partial charge in [-0.05, 0) is 5.56 Å². The van der Waals surface area contributed by atoms with Crippen molar-refractivity contribution in [2.24, 2.45) is 5.73 Å². The summed E-state index contributed by atoms with van der Waals surface area (Å²) in [4.78, 5) is -1.28. The number of rotatable bonds is 2. The lowest BCUT2D eigenvalue weighted by Gasteiger charge is -2.11. The number of hydrogen-bond donors (Lipinski definition) is 1. The van der Waals surface area contributed by atoms with E-state index >= 15 is 0 Å². The molecule has 0 aliphatic carbocycles. The first-order valence-corrected chi connectivity index (χ1v) is 3.95. The summed E-state index contributed by atoms with van der Waals surface area (Å²) in [6.07, 6.45) is 0.367. The van der Waals surface area contributed by atoms with Gasteiger partial charge in [0, 0.05) is 6.42 Å². The Hall–Kier alpha value is -1.04. The molecule has 2 nitrogen and oxygen atoms in total. The summed E-state index contributed by atoms with van der Waals surface area (Å²) in [7, 11) is 0. The SMILES string of the molecule is N#CC(N)(Cl)Cc1ccccc1. The van der Waals surface area contributed by atoms with Gasteiger partial charge in [-0.25, -0.2) is 0 Å². The van der Waals surface area contributed by atoms with E-state index < -0.39 is 5.00 Å². The Kier molecular flexibility index (Phi) is 2.69. The van der Waals surface area contributed by atoms with Crippen LogP contribution in [0.15, 0.2) is 30.3 Å². The first-order valence-electron chi connectivity index (χ1n) is 3.57. The van der Waals surface area contributed by atoms with Gasteiger partial charge in [0.25, 0.3) is 0 Å². The van der Waals surface area contributed by atoms with Crippen molar-refractivity contribution < 1.29 is 0 Å². The van der Waals surface area contributed by atoms with Gasteiger partial charge in [0.2, 0.25) is 0 Å². The third-order valence-corrected chi connectivity index (χ3v) is 1.71. The summed E-state index contributed by atoms with van der Waals surface area (Å²) in [5.41, 5.74) is 6.42. The Labute approximate surface area is 76.6 Å². The number of benzene rings is 1. The van der Waals surface area contributed by atoms with Crippen molar-refractivity contribution in [1.82, 2.24) is 0 Å². The van der Waals surface area contributed by atoms with Crippen molar-refractivity contribution in [3.63, 3.8) is 0 Å². The molecule has 3 heteroatoms. The highest BCUT2D eigenvalue weighted by atomic mass is 35.5. The molecule has 12 heavy (non-hydrogen) atoms.